The van der Waals surface area contributed by atoms with E-state index >= 15 is 0 Å². The summed E-state index contributed by atoms with van der Waals surface area (Å²) in [4.78, 5) is 2.34. The van der Waals surface area contributed by atoms with Crippen molar-refractivity contribution in [3.05, 3.63) is 47.7 Å². The van der Waals surface area contributed by atoms with Crippen molar-refractivity contribution in [2.75, 3.05) is 23.7 Å². The van der Waals surface area contributed by atoms with E-state index in [1.807, 2.05) is 18.2 Å². The number of hydrogen-bond donors (Lipinski definition) is 1. The first kappa shape index (κ1) is 14.5. The van der Waals surface area contributed by atoms with E-state index < -0.39 is 0 Å². The quantitative estimate of drug-likeness (QED) is 0.945. The molecule has 1 aromatic heterocycles. The van der Waals surface area contributed by atoms with E-state index in [2.05, 4.69) is 34.6 Å². The second kappa shape index (κ2) is 6.15. The maximum atomic E-state index is 9.44. The molecular formula is C18H22N4. The monoisotopic (exact) mass is 294 g/mol. The van der Waals surface area contributed by atoms with Crippen LogP contribution in [0.3, 0.4) is 0 Å². The number of aromatic nitrogens is 1. The molecule has 2 N–H and O–H groups in total. The van der Waals surface area contributed by atoms with Gasteiger partial charge in [-0.3, -0.25) is 0 Å². The zero-order valence-electron chi connectivity index (χ0n) is 13.0. The van der Waals surface area contributed by atoms with Crippen LogP contribution in [0.1, 0.15) is 31.0 Å². The third-order valence-electron chi connectivity index (χ3n) is 4.35. The molecular weight excluding hydrogens is 272 g/mol. The highest BCUT2D eigenvalue weighted by atomic mass is 15.3. The van der Waals surface area contributed by atoms with Crippen LogP contribution in [0.4, 0.5) is 11.5 Å². The Hall–Kier alpha value is -2.41. The molecule has 4 nitrogen and oxygen atoms in total. The average Bonchev–Trinajstić information content (AvgIpc) is 2.84. The molecule has 0 amide bonds. The first-order chi connectivity index (χ1) is 10.7. The molecule has 3 rings (SSSR count). The first-order valence-electron chi connectivity index (χ1n) is 7.87. The summed E-state index contributed by atoms with van der Waals surface area (Å²) in [5.74, 6) is 1.67. The SMILES string of the molecule is C[C@H]1CCCN(c2c(N)cc(C#N)n2Cc2ccccc2)C1. The van der Waals surface area contributed by atoms with Gasteiger partial charge in [0.25, 0.3) is 0 Å². The number of nitriles is 1. The third kappa shape index (κ3) is 2.80. The van der Waals surface area contributed by atoms with Crippen molar-refractivity contribution in [2.45, 2.75) is 26.3 Å². The summed E-state index contributed by atoms with van der Waals surface area (Å²) in [6.07, 6.45) is 2.44. The van der Waals surface area contributed by atoms with Crippen LogP contribution in [0.2, 0.25) is 0 Å². The summed E-state index contributed by atoms with van der Waals surface area (Å²) >= 11 is 0. The number of anilines is 2. The van der Waals surface area contributed by atoms with Gasteiger partial charge in [-0.15, -0.1) is 0 Å². The van der Waals surface area contributed by atoms with E-state index in [1.165, 1.54) is 18.4 Å². The molecule has 1 fully saturated rings. The first-order valence-corrected chi connectivity index (χ1v) is 7.87. The zero-order chi connectivity index (χ0) is 15.5. The largest absolute Gasteiger partial charge is 0.396 e. The van der Waals surface area contributed by atoms with Crippen LogP contribution < -0.4 is 10.6 Å². The van der Waals surface area contributed by atoms with Gasteiger partial charge in [0.15, 0.2) is 0 Å². The molecule has 0 bridgehead atoms. The summed E-state index contributed by atoms with van der Waals surface area (Å²) in [6.45, 7) is 4.98. The minimum absolute atomic E-state index is 0.634. The van der Waals surface area contributed by atoms with Gasteiger partial charge in [-0.2, -0.15) is 5.26 Å². The van der Waals surface area contributed by atoms with Crippen molar-refractivity contribution in [3.8, 4) is 6.07 Å². The van der Waals surface area contributed by atoms with Crippen molar-refractivity contribution in [3.63, 3.8) is 0 Å². The van der Waals surface area contributed by atoms with Gasteiger partial charge in [0.05, 0.1) is 12.2 Å². The molecule has 4 heteroatoms. The van der Waals surface area contributed by atoms with Gasteiger partial charge in [-0.05, 0) is 30.4 Å². The number of piperidine rings is 1. The Morgan fingerprint density at radius 2 is 2.09 bits per heavy atom. The maximum absolute atomic E-state index is 9.44. The average molecular weight is 294 g/mol. The van der Waals surface area contributed by atoms with Crippen molar-refractivity contribution < 1.29 is 0 Å². The summed E-state index contributed by atoms with van der Waals surface area (Å²) in [6, 6.07) is 14.3. The van der Waals surface area contributed by atoms with E-state index in [0.29, 0.717) is 23.8 Å². The fourth-order valence-corrected chi connectivity index (χ4v) is 3.31. The van der Waals surface area contributed by atoms with Crippen LogP contribution in [-0.4, -0.2) is 17.7 Å². The molecule has 2 aromatic rings. The molecule has 0 aliphatic carbocycles. The number of hydrogen-bond acceptors (Lipinski definition) is 3. The number of benzene rings is 1. The van der Waals surface area contributed by atoms with E-state index in [-0.39, 0.29) is 0 Å². The lowest BCUT2D eigenvalue weighted by molar-refractivity contribution is 0.441. The van der Waals surface area contributed by atoms with Crippen LogP contribution in [0.15, 0.2) is 36.4 Å². The maximum Gasteiger partial charge on any atom is 0.133 e. The van der Waals surface area contributed by atoms with E-state index in [0.717, 1.165) is 18.9 Å². The molecule has 0 saturated carbocycles. The van der Waals surface area contributed by atoms with Crippen molar-refractivity contribution in [1.29, 1.82) is 5.26 Å². The van der Waals surface area contributed by atoms with Gasteiger partial charge in [0.1, 0.15) is 17.6 Å². The van der Waals surface area contributed by atoms with Crippen molar-refractivity contribution in [1.82, 2.24) is 4.57 Å². The van der Waals surface area contributed by atoms with Gasteiger partial charge in [-0.1, -0.05) is 37.3 Å². The van der Waals surface area contributed by atoms with Crippen LogP contribution in [0.25, 0.3) is 0 Å². The molecule has 114 valence electrons. The molecule has 0 radical (unpaired) electrons. The molecule has 22 heavy (non-hydrogen) atoms. The predicted molar refractivity (Wildman–Crippen MR) is 89.7 cm³/mol. The summed E-state index contributed by atoms with van der Waals surface area (Å²) in [7, 11) is 0. The Bertz CT molecular complexity index is 681. The third-order valence-corrected chi connectivity index (χ3v) is 4.35. The molecule has 1 saturated heterocycles. The Morgan fingerprint density at radius 1 is 1.32 bits per heavy atom. The smallest absolute Gasteiger partial charge is 0.133 e. The van der Waals surface area contributed by atoms with Crippen LogP contribution in [-0.2, 0) is 6.54 Å². The van der Waals surface area contributed by atoms with E-state index in [9.17, 15) is 5.26 Å². The Morgan fingerprint density at radius 3 is 2.77 bits per heavy atom. The molecule has 0 spiro atoms. The number of nitrogens with zero attached hydrogens (tertiary/aromatic N) is 3. The van der Waals surface area contributed by atoms with Crippen LogP contribution in [0.5, 0.6) is 0 Å². The normalized spacial score (nSPS) is 18.2. The van der Waals surface area contributed by atoms with Gasteiger partial charge in [-0.25, -0.2) is 0 Å². The lowest BCUT2D eigenvalue weighted by Crippen LogP contribution is -2.36. The van der Waals surface area contributed by atoms with Crippen molar-refractivity contribution >= 4 is 11.5 Å². The summed E-state index contributed by atoms with van der Waals surface area (Å²) in [5.41, 5.74) is 8.76. The van der Waals surface area contributed by atoms with Gasteiger partial charge < -0.3 is 15.2 Å². The minimum Gasteiger partial charge on any atom is -0.396 e. The van der Waals surface area contributed by atoms with Gasteiger partial charge in [0, 0.05) is 13.1 Å². The topological polar surface area (TPSA) is 58.0 Å². The highest BCUT2D eigenvalue weighted by Gasteiger charge is 2.23. The fourth-order valence-electron chi connectivity index (χ4n) is 3.31. The lowest BCUT2D eigenvalue weighted by atomic mass is 10.0. The Labute approximate surface area is 131 Å². The molecule has 1 aliphatic rings. The van der Waals surface area contributed by atoms with Crippen LogP contribution in [0, 0.1) is 17.2 Å². The molecule has 0 unspecified atom stereocenters. The molecule has 1 atom stereocenters. The van der Waals surface area contributed by atoms with E-state index in [1.54, 1.807) is 6.07 Å². The van der Waals surface area contributed by atoms with Gasteiger partial charge >= 0.3 is 0 Å². The highest BCUT2D eigenvalue weighted by molar-refractivity contribution is 5.68. The fraction of sp³-hybridized carbons (Fsp3) is 0.389. The standard InChI is InChI=1S/C18H22N4/c1-14-6-5-9-21(12-14)18-17(20)10-16(11-19)22(18)13-15-7-3-2-4-8-15/h2-4,7-8,10,14H,5-6,9,12-13,20H2,1H3/t14-/m0/s1. The van der Waals surface area contributed by atoms with Crippen molar-refractivity contribution in [2.24, 2.45) is 5.92 Å². The number of nitrogen functional groups attached to an aromatic ring is 1. The minimum atomic E-state index is 0.634. The highest BCUT2D eigenvalue weighted by Crippen LogP contribution is 2.32. The zero-order valence-corrected chi connectivity index (χ0v) is 13.0. The molecule has 1 aromatic carbocycles. The second-order valence-electron chi connectivity index (χ2n) is 6.19. The van der Waals surface area contributed by atoms with E-state index in [4.69, 9.17) is 5.73 Å². The number of rotatable bonds is 3. The molecule has 2 heterocycles. The van der Waals surface area contributed by atoms with Crippen LogP contribution >= 0.6 is 0 Å². The summed E-state index contributed by atoms with van der Waals surface area (Å²) in [5, 5.41) is 9.44. The Kier molecular flexibility index (Phi) is 4.06. The number of nitrogens with two attached hydrogens (primary N) is 1. The molecule has 1 aliphatic heterocycles. The second-order valence-corrected chi connectivity index (χ2v) is 6.19. The lowest BCUT2D eigenvalue weighted by Gasteiger charge is -2.34. The Balaban J connectivity index is 1.98. The predicted octanol–water partition coefficient (Wildman–Crippen LogP) is 3.23. The van der Waals surface area contributed by atoms with Gasteiger partial charge in [0.2, 0.25) is 0 Å². The summed E-state index contributed by atoms with van der Waals surface area (Å²) < 4.78 is 2.06.